The number of nitrogens with zero attached hydrogens (tertiary/aromatic N) is 1. The van der Waals surface area contributed by atoms with Gasteiger partial charge in [-0.2, -0.15) is 4.57 Å². The monoisotopic (exact) mass is 459 g/mol. The Labute approximate surface area is 196 Å². The zero-order valence-electron chi connectivity index (χ0n) is 18.5. The Kier molecular flexibility index (Phi) is 6.78. The Morgan fingerprint density at radius 1 is 0.588 bits per heavy atom. The molecule has 0 unspecified atom stereocenters. The first-order valence-electron chi connectivity index (χ1n) is 10.8. The van der Waals surface area contributed by atoms with Crippen LogP contribution in [0.25, 0.3) is 38.8 Å². The van der Waals surface area contributed by atoms with Crippen molar-refractivity contribution in [3.05, 3.63) is 121 Å². The van der Waals surface area contributed by atoms with E-state index in [1.54, 1.807) is 0 Å². The van der Waals surface area contributed by atoms with E-state index in [-0.39, 0.29) is 0 Å². The molecular weight excluding hydrogens is 437 g/mol. The molecule has 1 aromatic heterocycles. The van der Waals surface area contributed by atoms with E-state index in [1.165, 1.54) is 38.7 Å². The van der Waals surface area contributed by atoms with Gasteiger partial charge in [-0.15, -0.1) is 0 Å². The first-order chi connectivity index (χ1) is 16.3. The second kappa shape index (κ2) is 9.92. The lowest BCUT2D eigenvalue weighted by Crippen LogP contribution is -2.34. The summed E-state index contributed by atoms with van der Waals surface area (Å²) < 4.78 is 41.3. The summed E-state index contributed by atoms with van der Waals surface area (Å²) >= 11 is 0. The molecule has 0 atom stereocenters. The van der Waals surface area contributed by atoms with Gasteiger partial charge in [0.1, 0.15) is 0 Å². The number of aryl methyl sites for hydroxylation is 1. The van der Waals surface area contributed by atoms with E-state index in [2.05, 4.69) is 127 Å². The van der Waals surface area contributed by atoms with Crippen LogP contribution >= 0.6 is 0 Å². The molecule has 0 aliphatic heterocycles. The normalized spacial score (nSPS) is 11.1. The molecule has 5 rings (SSSR count). The maximum absolute atomic E-state index is 9.75. The quantitative estimate of drug-likeness (QED) is 0.146. The second-order valence-electron chi connectivity index (χ2n) is 7.87. The molecule has 0 spiro atoms. The number of benzene rings is 4. The lowest BCUT2D eigenvalue weighted by Gasteiger charge is -2.13. The fraction of sp³-hybridized carbons (Fsp3) is 0.0357. The minimum Gasteiger partial charge on any atom is -0.418 e. The van der Waals surface area contributed by atoms with Crippen molar-refractivity contribution in [2.45, 2.75) is 6.92 Å². The number of hydrogen-bond donors (Lipinski definition) is 0. The topological polar surface area (TPSA) is 3.88 Å². The Hall–Kier alpha value is -3.93. The van der Waals surface area contributed by atoms with Crippen LogP contribution in [0, 0.1) is 6.92 Å². The number of rotatable bonds is 3. The van der Waals surface area contributed by atoms with Gasteiger partial charge in [0.05, 0.1) is 5.56 Å². The SMILES string of the molecule is Cc1ccc(-[n+]2cc3ccccc3c(-c3ccccc3)c2-c2ccccc2)cc1.F[B-](F)(F)F. The summed E-state index contributed by atoms with van der Waals surface area (Å²) in [7, 11) is -6.00. The van der Waals surface area contributed by atoms with Crippen LogP contribution in [0.2, 0.25) is 0 Å². The van der Waals surface area contributed by atoms with Gasteiger partial charge in [-0.25, -0.2) is 0 Å². The van der Waals surface area contributed by atoms with Crippen molar-refractivity contribution in [2.75, 3.05) is 0 Å². The summed E-state index contributed by atoms with van der Waals surface area (Å²) in [5, 5.41) is 2.49. The van der Waals surface area contributed by atoms with Crippen LogP contribution in [0.5, 0.6) is 0 Å². The molecule has 1 heterocycles. The summed E-state index contributed by atoms with van der Waals surface area (Å²) in [6.45, 7) is 2.13. The van der Waals surface area contributed by atoms with Crippen molar-refractivity contribution in [3.8, 4) is 28.1 Å². The highest BCUT2D eigenvalue weighted by Crippen LogP contribution is 2.36. The molecule has 4 aromatic carbocycles. The maximum Gasteiger partial charge on any atom is 0.673 e. The van der Waals surface area contributed by atoms with Crippen molar-refractivity contribution >= 4 is 18.0 Å². The lowest BCUT2D eigenvalue weighted by molar-refractivity contribution is -0.581. The van der Waals surface area contributed by atoms with Gasteiger partial charge in [0.15, 0.2) is 6.20 Å². The largest absolute Gasteiger partial charge is 0.673 e. The molecule has 170 valence electrons. The Morgan fingerprint density at radius 2 is 1.09 bits per heavy atom. The van der Waals surface area contributed by atoms with Gasteiger partial charge in [-0.05, 0) is 30.7 Å². The van der Waals surface area contributed by atoms with Crippen LogP contribution < -0.4 is 4.57 Å². The van der Waals surface area contributed by atoms with E-state index in [0.717, 1.165) is 5.69 Å². The van der Waals surface area contributed by atoms with Crippen molar-refractivity contribution in [1.82, 2.24) is 0 Å². The molecule has 0 saturated carbocycles. The molecule has 0 saturated heterocycles. The highest BCUT2D eigenvalue weighted by molar-refractivity contribution is 6.50. The smallest absolute Gasteiger partial charge is 0.418 e. The molecule has 0 amide bonds. The van der Waals surface area contributed by atoms with E-state index in [4.69, 9.17) is 0 Å². The van der Waals surface area contributed by atoms with Crippen molar-refractivity contribution in [1.29, 1.82) is 0 Å². The number of halogens is 4. The molecule has 0 N–H and O–H groups in total. The molecular formula is C28H22BF4N. The van der Waals surface area contributed by atoms with Crippen LogP contribution in [0.1, 0.15) is 5.56 Å². The highest BCUT2D eigenvalue weighted by atomic mass is 19.5. The van der Waals surface area contributed by atoms with Gasteiger partial charge in [0, 0.05) is 28.5 Å². The Morgan fingerprint density at radius 3 is 1.68 bits per heavy atom. The molecule has 6 heteroatoms. The summed E-state index contributed by atoms with van der Waals surface area (Å²) in [6.07, 6.45) is 2.26. The molecule has 0 bridgehead atoms. The zero-order valence-corrected chi connectivity index (χ0v) is 18.5. The summed E-state index contributed by atoms with van der Waals surface area (Å²) in [4.78, 5) is 0. The number of pyridine rings is 1. The summed E-state index contributed by atoms with van der Waals surface area (Å²) in [5.74, 6) is 0. The van der Waals surface area contributed by atoms with Crippen LogP contribution in [-0.4, -0.2) is 7.25 Å². The predicted molar refractivity (Wildman–Crippen MR) is 131 cm³/mol. The molecule has 1 nitrogen and oxygen atoms in total. The Bertz CT molecular complexity index is 1380. The second-order valence-corrected chi connectivity index (χ2v) is 7.87. The van der Waals surface area contributed by atoms with Gasteiger partial charge in [0.2, 0.25) is 11.4 Å². The minimum absolute atomic E-state index is 1.16. The highest BCUT2D eigenvalue weighted by Gasteiger charge is 2.25. The van der Waals surface area contributed by atoms with Crippen LogP contribution in [0.4, 0.5) is 17.3 Å². The third kappa shape index (κ3) is 5.52. The average Bonchev–Trinajstić information content (AvgIpc) is 2.83. The van der Waals surface area contributed by atoms with Gasteiger partial charge in [-0.3, -0.25) is 0 Å². The van der Waals surface area contributed by atoms with Crippen molar-refractivity contribution < 1.29 is 21.8 Å². The number of aromatic nitrogens is 1. The fourth-order valence-electron chi connectivity index (χ4n) is 3.97. The van der Waals surface area contributed by atoms with Gasteiger partial charge in [0.25, 0.3) is 0 Å². The van der Waals surface area contributed by atoms with Crippen LogP contribution in [0.3, 0.4) is 0 Å². The van der Waals surface area contributed by atoms with Crippen LogP contribution in [-0.2, 0) is 0 Å². The molecule has 0 aliphatic rings. The van der Waals surface area contributed by atoms with E-state index in [1.807, 2.05) is 0 Å². The van der Waals surface area contributed by atoms with Gasteiger partial charge < -0.3 is 17.3 Å². The summed E-state index contributed by atoms with van der Waals surface area (Å²) in [5.41, 5.74) is 7.33. The van der Waals surface area contributed by atoms with Gasteiger partial charge >= 0.3 is 7.25 Å². The van der Waals surface area contributed by atoms with Crippen molar-refractivity contribution in [2.24, 2.45) is 0 Å². The van der Waals surface area contributed by atoms with Crippen LogP contribution in [0.15, 0.2) is 115 Å². The predicted octanol–water partition coefficient (Wildman–Crippen LogP) is 8.06. The summed E-state index contributed by atoms with van der Waals surface area (Å²) in [6, 6.07) is 38.8. The maximum atomic E-state index is 9.75. The molecule has 34 heavy (non-hydrogen) atoms. The van der Waals surface area contributed by atoms with E-state index >= 15 is 0 Å². The minimum atomic E-state index is -6.00. The number of fused-ring (bicyclic) bond motifs is 1. The van der Waals surface area contributed by atoms with Crippen molar-refractivity contribution in [3.63, 3.8) is 0 Å². The number of hydrogen-bond acceptors (Lipinski definition) is 0. The first kappa shape index (κ1) is 23.2. The fourth-order valence-corrected chi connectivity index (χ4v) is 3.97. The first-order valence-corrected chi connectivity index (χ1v) is 10.8. The zero-order chi connectivity index (χ0) is 24.1. The average molecular weight is 459 g/mol. The lowest BCUT2D eigenvalue weighted by atomic mass is 9.93. The third-order valence-electron chi connectivity index (χ3n) is 5.40. The molecule has 0 radical (unpaired) electrons. The van der Waals surface area contributed by atoms with E-state index in [9.17, 15) is 17.3 Å². The molecule has 0 aliphatic carbocycles. The van der Waals surface area contributed by atoms with E-state index in [0.29, 0.717) is 0 Å². The third-order valence-corrected chi connectivity index (χ3v) is 5.40. The molecule has 5 aromatic rings. The standard InChI is InChI=1S/C28H22N.BF4/c1-21-16-18-25(19-17-21)29-20-24-14-8-9-15-26(24)27(22-10-4-2-5-11-22)28(29)23-12-6-3-7-13-23;2-1(3,4)5/h2-20H,1H3;/q+1;-1. The Balaban J connectivity index is 0.000000499. The molecule has 0 fully saturated rings. The van der Waals surface area contributed by atoms with Gasteiger partial charge in [-0.1, -0.05) is 84.4 Å². The van der Waals surface area contributed by atoms with E-state index < -0.39 is 7.25 Å².